The largest absolute Gasteiger partial charge is 0.502 e. The monoisotopic (exact) mass is 574 g/mol. The van der Waals surface area contributed by atoms with Crippen molar-refractivity contribution in [3.05, 3.63) is 41.0 Å². The SMILES string of the molecule is COc1cc(C2c3cc4c(cc3[C@@H](O[C@@H]3OC5CO[C@@H](C)OC5[C@H](O)[C@@H]3O)C3COCC23)OCO4)cc(OC)c1O. The molecule has 4 heterocycles. The number of fused-ring (bicyclic) bond motifs is 4. The second kappa shape index (κ2) is 10.5. The van der Waals surface area contributed by atoms with Crippen LogP contribution in [0.5, 0.6) is 28.7 Å². The molecule has 0 aromatic heterocycles. The summed E-state index contributed by atoms with van der Waals surface area (Å²) in [6.07, 6.45) is -6.10. The van der Waals surface area contributed by atoms with Crippen LogP contribution in [-0.2, 0) is 23.7 Å². The number of rotatable bonds is 5. The molecule has 4 aliphatic heterocycles. The molecule has 3 saturated heterocycles. The van der Waals surface area contributed by atoms with E-state index in [1.165, 1.54) is 14.2 Å². The zero-order valence-electron chi connectivity index (χ0n) is 22.9. The van der Waals surface area contributed by atoms with Gasteiger partial charge in [0.05, 0.1) is 40.1 Å². The number of phenolic OH excluding ortho intramolecular Hbond substituents is 1. The van der Waals surface area contributed by atoms with Gasteiger partial charge in [-0.05, 0) is 47.9 Å². The second-order valence-electron chi connectivity index (χ2n) is 11.0. The average Bonchev–Trinajstić information content (AvgIpc) is 3.65. The maximum Gasteiger partial charge on any atom is 0.231 e. The van der Waals surface area contributed by atoms with Gasteiger partial charge in [-0.15, -0.1) is 0 Å². The molecular formula is C29H34O12. The summed E-state index contributed by atoms with van der Waals surface area (Å²) < 4.78 is 52.4. The number of hydrogen-bond acceptors (Lipinski definition) is 12. The molecule has 0 radical (unpaired) electrons. The van der Waals surface area contributed by atoms with Crippen LogP contribution in [0.2, 0.25) is 0 Å². The van der Waals surface area contributed by atoms with Crippen molar-refractivity contribution in [1.29, 1.82) is 0 Å². The van der Waals surface area contributed by atoms with E-state index in [0.29, 0.717) is 36.2 Å². The molecule has 0 spiro atoms. The number of ether oxygens (including phenoxy) is 9. The Bertz CT molecular complexity index is 1270. The molecule has 41 heavy (non-hydrogen) atoms. The highest BCUT2D eigenvalue weighted by atomic mass is 16.8. The highest BCUT2D eigenvalue weighted by molar-refractivity contribution is 5.58. The maximum atomic E-state index is 11.1. The van der Waals surface area contributed by atoms with Crippen LogP contribution in [-0.4, -0.2) is 93.1 Å². The fourth-order valence-corrected chi connectivity index (χ4v) is 6.84. The van der Waals surface area contributed by atoms with Crippen LogP contribution in [0.3, 0.4) is 0 Å². The first-order valence-corrected chi connectivity index (χ1v) is 13.8. The van der Waals surface area contributed by atoms with Crippen LogP contribution >= 0.6 is 0 Å². The standard InChI is InChI=1S/C29H34O12/c1-12-36-10-22-28(39-12)25(31)26(32)29(40-22)41-27-15-7-19-18(37-11-38-19)6-14(15)23(16-8-35-9-17(16)27)13-4-20(33-2)24(30)21(5-13)34-3/h4-7,12,16-17,22-23,25-32H,8-11H2,1-3H3/t12-,16?,17?,22?,23?,25-,26+,27-,28?,29+/m1/s1. The number of methoxy groups -OCH3 is 2. The van der Waals surface area contributed by atoms with Gasteiger partial charge in [0.1, 0.15) is 24.4 Å². The maximum absolute atomic E-state index is 11.1. The van der Waals surface area contributed by atoms with Gasteiger partial charge in [0.25, 0.3) is 0 Å². The van der Waals surface area contributed by atoms with E-state index >= 15 is 0 Å². The molecule has 5 aliphatic rings. The van der Waals surface area contributed by atoms with E-state index < -0.39 is 43.1 Å². The lowest BCUT2D eigenvalue weighted by molar-refractivity contribution is -0.364. The highest BCUT2D eigenvalue weighted by Crippen LogP contribution is 2.56. The third kappa shape index (κ3) is 4.40. The lowest BCUT2D eigenvalue weighted by Gasteiger charge is -2.48. The fourth-order valence-electron chi connectivity index (χ4n) is 6.84. The summed E-state index contributed by atoms with van der Waals surface area (Å²) >= 11 is 0. The van der Waals surface area contributed by atoms with E-state index in [0.717, 1.165) is 16.7 Å². The number of aromatic hydroxyl groups is 1. The van der Waals surface area contributed by atoms with Gasteiger partial charge in [-0.2, -0.15) is 0 Å². The summed E-state index contributed by atoms with van der Waals surface area (Å²) in [5.74, 6) is 1.34. The van der Waals surface area contributed by atoms with Crippen LogP contribution in [0.15, 0.2) is 24.3 Å². The molecule has 1 aliphatic carbocycles. The molecule has 10 atom stereocenters. The van der Waals surface area contributed by atoms with Crippen molar-refractivity contribution in [3.63, 3.8) is 0 Å². The summed E-state index contributed by atoms with van der Waals surface area (Å²) in [4.78, 5) is 0. The van der Waals surface area contributed by atoms with Crippen LogP contribution in [0.4, 0.5) is 0 Å². The molecule has 12 heteroatoms. The minimum Gasteiger partial charge on any atom is -0.502 e. The van der Waals surface area contributed by atoms with E-state index in [9.17, 15) is 15.3 Å². The normalized spacial score (nSPS) is 37.2. The van der Waals surface area contributed by atoms with Gasteiger partial charge in [0.15, 0.2) is 35.6 Å². The molecule has 7 rings (SSSR count). The zero-order chi connectivity index (χ0) is 28.4. The predicted octanol–water partition coefficient (Wildman–Crippen LogP) is 1.81. The summed E-state index contributed by atoms with van der Waals surface area (Å²) in [5, 5.41) is 32.6. The van der Waals surface area contributed by atoms with Crippen LogP contribution in [0.25, 0.3) is 0 Å². The van der Waals surface area contributed by atoms with Crippen molar-refractivity contribution < 1.29 is 58.0 Å². The van der Waals surface area contributed by atoms with Gasteiger partial charge < -0.3 is 58.0 Å². The first-order valence-electron chi connectivity index (χ1n) is 13.8. The van der Waals surface area contributed by atoms with Crippen molar-refractivity contribution in [1.82, 2.24) is 0 Å². The summed E-state index contributed by atoms with van der Waals surface area (Å²) in [6, 6.07) is 7.47. The Labute approximate surface area is 236 Å². The van der Waals surface area contributed by atoms with Gasteiger partial charge >= 0.3 is 0 Å². The van der Waals surface area contributed by atoms with Gasteiger partial charge in [-0.25, -0.2) is 0 Å². The molecule has 12 nitrogen and oxygen atoms in total. The first-order chi connectivity index (χ1) is 19.9. The summed E-state index contributed by atoms with van der Waals surface area (Å²) in [6.45, 7) is 2.90. The summed E-state index contributed by atoms with van der Waals surface area (Å²) in [5.41, 5.74) is 2.62. The third-order valence-corrected chi connectivity index (χ3v) is 8.83. The molecule has 222 valence electrons. The van der Waals surface area contributed by atoms with E-state index in [1.54, 1.807) is 6.92 Å². The molecule has 3 fully saturated rings. The molecule has 2 aromatic rings. The topological polar surface area (TPSA) is 144 Å². The van der Waals surface area contributed by atoms with E-state index in [-0.39, 0.29) is 36.9 Å². The Morgan fingerprint density at radius 1 is 0.829 bits per heavy atom. The lowest BCUT2D eigenvalue weighted by Crippen LogP contribution is -2.63. The Balaban J connectivity index is 1.29. The number of benzene rings is 2. The molecule has 3 N–H and O–H groups in total. The van der Waals surface area contributed by atoms with Crippen LogP contribution in [0.1, 0.15) is 35.6 Å². The second-order valence-corrected chi connectivity index (χ2v) is 11.0. The van der Waals surface area contributed by atoms with Crippen LogP contribution in [0, 0.1) is 11.8 Å². The van der Waals surface area contributed by atoms with Gasteiger partial charge in [0.2, 0.25) is 12.5 Å². The Morgan fingerprint density at radius 2 is 1.51 bits per heavy atom. The lowest BCUT2D eigenvalue weighted by atomic mass is 9.66. The summed E-state index contributed by atoms with van der Waals surface area (Å²) in [7, 11) is 2.99. The molecular weight excluding hydrogens is 540 g/mol. The fraction of sp³-hybridized carbons (Fsp3) is 0.586. The van der Waals surface area contributed by atoms with Crippen molar-refractivity contribution in [2.45, 2.75) is 55.9 Å². The van der Waals surface area contributed by atoms with Crippen LogP contribution < -0.4 is 18.9 Å². The molecule has 0 amide bonds. The predicted molar refractivity (Wildman–Crippen MR) is 138 cm³/mol. The molecule has 0 saturated carbocycles. The highest BCUT2D eigenvalue weighted by Gasteiger charge is 2.53. The number of phenols is 1. The van der Waals surface area contributed by atoms with E-state index in [1.807, 2.05) is 24.3 Å². The number of aliphatic hydroxyl groups excluding tert-OH is 2. The van der Waals surface area contributed by atoms with Crippen molar-refractivity contribution in [3.8, 4) is 28.7 Å². The van der Waals surface area contributed by atoms with Gasteiger partial charge in [0, 0.05) is 17.8 Å². The average molecular weight is 575 g/mol. The Kier molecular flexibility index (Phi) is 6.89. The quantitative estimate of drug-likeness (QED) is 0.479. The number of aliphatic hydroxyl groups is 2. The smallest absolute Gasteiger partial charge is 0.231 e. The first kappa shape index (κ1) is 27.0. The molecule has 5 unspecified atom stereocenters. The molecule has 0 bridgehead atoms. The van der Waals surface area contributed by atoms with Gasteiger partial charge in [-0.1, -0.05) is 0 Å². The molecule has 2 aromatic carbocycles. The van der Waals surface area contributed by atoms with E-state index in [4.69, 9.17) is 42.6 Å². The van der Waals surface area contributed by atoms with Crippen molar-refractivity contribution >= 4 is 0 Å². The number of hydrogen-bond donors (Lipinski definition) is 3. The van der Waals surface area contributed by atoms with Gasteiger partial charge in [-0.3, -0.25) is 0 Å². The Hall–Kier alpha value is -2.84. The van der Waals surface area contributed by atoms with Crippen molar-refractivity contribution in [2.75, 3.05) is 40.8 Å². The Morgan fingerprint density at radius 3 is 2.22 bits per heavy atom. The minimum absolute atomic E-state index is 0.0487. The third-order valence-electron chi connectivity index (χ3n) is 8.83. The van der Waals surface area contributed by atoms with Crippen molar-refractivity contribution in [2.24, 2.45) is 11.8 Å². The minimum atomic E-state index is -1.34. The van der Waals surface area contributed by atoms with E-state index in [2.05, 4.69) is 0 Å². The zero-order valence-corrected chi connectivity index (χ0v) is 22.9.